The molecule has 1 fully saturated rings. The number of hydrogen-bond acceptors (Lipinski definition) is 4. The Hall–Kier alpha value is -2.57. The van der Waals surface area contributed by atoms with Crippen LogP contribution in [-0.2, 0) is 9.59 Å². The molecule has 4 amide bonds. The Morgan fingerprint density at radius 2 is 2.04 bits per heavy atom. The van der Waals surface area contributed by atoms with E-state index in [2.05, 4.69) is 16.0 Å². The van der Waals surface area contributed by atoms with Crippen LogP contribution in [0.1, 0.15) is 25.3 Å². The summed E-state index contributed by atoms with van der Waals surface area (Å²) in [4.78, 5) is 36.4. The van der Waals surface area contributed by atoms with E-state index in [4.69, 9.17) is 0 Å². The lowest BCUT2D eigenvalue weighted by atomic mass is 10.1. The summed E-state index contributed by atoms with van der Waals surface area (Å²) in [6.45, 7) is 4.73. The highest BCUT2D eigenvalue weighted by Crippen LogP contribution is 2.23. The molecule has 2 rings (SSSR count). The van der Waals surface area contributed by atoms with Gasteiger partial charge >= 0.3 is 6.03 Å². The number of urea groups is 1. The fourth-order valence-electron chi connectivity index (χ4n) is 2.38. The van der Waals surface area contributed by atoms with E-state index in [0.717, 1.165) is 23.4 Å². The van der Waals surface area contributed by atoms with Gasteiger partial charge in [-0.2, -0.15) is 0 Å². The number of carbonyl (C=O) groups is 3. The molecule has 1 aromatic carbocycles. The van der Waals surface area contributed by atoms with Crippen molar-refractivity contribution in [2.24, 2.45) is 0 Å². The standard InChI is InChI=1S/C16H22N4O3/c1-3-5-14(21)19-13-7-4-6-12(11(13)2)18-10-15(22)20-9-8-17-16(20)23/h4,6-7,18H,3,5,8-10H2,1-2H3,(H,17,23)(H,19,21). The minimum atomic E-state index is -0.353. The lowest BCUT2D eigenvalue weighted by molar-refractivity contribution is -0.125. The summed E-state index contributed by atoms with van der Waals surface area (Å²) in [7, 11) is 0. The predicted molar refractivity (Wildman–Crippen MR) is 88.3 cm³/mol. The first kappa shape index (κ1) is 16.8. The first-order chi connectivity index (χ1) is 11.0. The Morgan fingerprint density at radius 1 is 1.30 bits per heavy atom. The zero-order chi connectivity index (χ0) is 16.8. The van der Waals surface area contributed by atoms with Crippen LogP contribution < -0.4 is 16.0 Å². The van der Waals surface area contributed by atoms with E-state index in [1.165, 1.54) is 4.90 Å². The van der Waals surface area contributed by atoms with Gasteiger partial charge in [0.05, 0.1) is 6.54 Å². The molecule has 7 heteroatoms. The summed E-state index contributed by atoms with van der Waals surface area (Å²) in [6.07, 6.45) is 1.26. The summed E-state index contributed by atoms with van der Waals surface area (Å²) in [6, 6.07) is 5.12. The molecule has 0 aliphatic carbocycles. The van der Waals surface area contributed by atoms with E-state index in [-0.39, 0.29) is 24.4 Å². The molecule has 7 nitrogen and oxygen atoms in total. The van der Waals surface area contributed by atoms with Gasteiger partial charge in [-0.05, 0) is 31.0 Å². The minimum absolute atomic E-state index is 0.0284. The van der Waals surface area contributed by atoms with Gasteiger partial charge in [-0.25, -0.2) is 4.79 Å². The maximum atomic E-state index is 12.0. The molecule has 124 valence electrons. The van der Waals surface area contributed by atoms with Crippen molar-refractivity contribution in [3.63, 3.8) is 0 Å². The first-order valence-electron chi connectivity index (χ1n) is 7.74. The minimum Gasteiger partial charge on any atom is -0.376 e. The van der Waals surface area contributed by atoms with E-state index in [9.17, 15) is 14.4 Å². The van der Waals surface area contributed by atoms with Crippen molar-refractivity contribution in [3.05, 3.63) is 23.8 Å². The fraction of sp³-hybridized carbons (Fsp3) is 0.438. The normalized spacial score (nSPS) is 13.7. The quantitative estimate of drug-likeness (QED) is 0.744. The van der Waals surface area contributed by atoms with Gasteiger partial charge in [0, 0.05) is 30.9 Å². The van der Waals surface area contributed by atoms with Crippen molar-refractivity contribution in [1.82, 2.24) is 10.2 Å². The number of hydrogen-bond donors (Lipinski definition) is 3. The maximum absolute atomic E-state index is 12.0. The van der Waals surface area contributed by atoms with E-state index >= 15 is 0 Å². The summed E-state index contributed by atoms with van der Waals surface area (Å²) in [5, 5.41) is 8.49. The number of benzene rings is 1. The predicted octanol–water partition coefficient (Wildman–Crippen LogP) is 1.70. The molecule has 1 aliphatic heterocycles. The van der Waals surface area contributed by atoms with Crippen molar-refractivity contribution >= 4 is 29.2 Å². The number of carbonyl (C=O) groups excluding carboxylic acids is 3. The van der Waals surface area contributed by atoms with Gasteiger partial charge < -0.3 is 16.0 Å². The van der Waals surface area contributed by atoms with Gasteiger partial charge in [0.1, 0.15) is 0 Å². The Morgan fingerprint density at radius 3 is 2.70 bits per heavy atom. The van der Waals surface area contributed by atoms with Crippen molar-refractivity contribution in [2.75, 3.05) is 30.3 Å². The molecule has 1 heterocycles. The molecular weight excluding hydrogens is 296 g/mol. The number of amides is 4. The third kappa shape index (κ3) is 4.21. The zero-order valence-electron chi connectivity index (χ0n) is 13.4. The van der Waals surface area contributed by atoms with Gasteiger partial charge in [-0.3, -0.25) is 14.5 Å². The van der Waals surface area contributed by atoms with Crippen LogP contribution in [0.3, 0.4) is 0 Å². The highest BCUT2D eigenvalue weighted by Gasteiger charge is 2.25. The summed E-state index contributed by atoms with van der Waals surface area (Å²) in [5.74, 6) is -0.308. The first-order valence-corrected chi connectivity index (χ1v) is 7.74. The lowest BCUT2D eigenvalue weighted by Crippen LogP contribution is -2.38. The summed E-state index contributed by atoms with van der Waals surface area (Å²) < 4.78 is 0. The number of nitrogens with zero attached hydrogens (tertiary/aromatic N) is 1. The highest BCUT2D eigenvalue weighted by molar-refractivity contribution is 5.98. The van der Waals surface area contributed by atoms with Crippen molar-refractivity contribution in [3.8, 4) is 0 Å². The molecule has 0 radical (unpaired) electrons. The summed E-state index contributed by atoms with van der Waals surface area (Å²) in [5.41, 5.74) is 2.34. The highest BCUT2D eigenvalue weighted by atomic mass is 16.2. The Labute approximate surface area is 135 Å². The Balaban J connectivity index is 1.98. The average molecular weight is 318 g/mol. The molecule has 23 heavy (non-hydrogen) atoms. The molecule has 0 atom stereocenters. The zero-order valence-corrected chi connectivity index (χ0v) is 13.4. The van der Waals surface area contributed by atoms with E-state index in [1.54, 1.807) is 0 Å². The fourth-order valence-corrected chi connectivity index (χ4v) is 2.38. The van der Waals surface area contributed by atoms with Gasteiger partial charge in [-0.15, -0.1) is 0 Å². The summed E-state index contributed by atoms with van der Waals surface area (Å²) >= 11 is 0. The molecule has 3 N–H and O–H groups in total. The molecule has 0 spiro atoms. The molecule has 0 saturated carbocycles. The van der Waals surface area contributed by atoms with Gasteiger partial charge in [0.2, 0.25) is 11.8 Å². The van der Waals surface area contributed by atoms with Crippen LogP contribution in [0.15, 0.2) is 18.2 Å². The second kappa shape index (κ2) is 7.62. The van der Waals surface area contributed by atoms with Crippen molar-refractivity contribution < 1.29 is 14.4 Å². The largest absolute Gasteiger partial charge is 0.376 e. The molecule has 0 aromatic heterocycles. The topological polar surface area (TPSA) is 90.5 Å². The second-order valence-corrected chi connectivity index (χ2v) is 5.41. The maximum Gasteiger partial charge on any atom is 0.324 e. The van der Waals surface area contributed by atoms with Crippen LogP contribution in [0.5, 0.6) is 0 Å². The number of imide groups is 1. The number of anilines is 2. The average Bonchev–Trinajstić information content (AvgIpc) is 2.94. The van der Waals surface area contributed by atoms with Gasteiger partial charge in [0.15, 0.2) is 0 Å². The smallest absolute Gasteiger partial charge is 0.324 e. The van der Waals surface area contributed by atoms with Crippen LogP contribution in [0.25, 0.3) is 0 Å². The van der Waals surface area contributed by atoms with Crippen LogP contribution in [-0.4, -0.2) is 42.4 Å². The number of rotatable bonds is 6. The third-order valence-electron chi connectivity index (χ3n) is 3.67. The lowest BCUT2D eigenvalue weighted by Gasteiger charge is -2.16. The molecule has 1 aliphatic rings. The van der Waals surface area contributed by atoms with E-state index in [1.807, 2.05) is 32.0 Å². The van der Waals surface area contributed by atoms with E-state index < -0.39 is 0 Å². The SMILES string of the molecule is CCCC(=O)Nc1cccc(NCC(=O)N2CCNC2=O)c1C. The second-order valence-electron chi connectivity index (χ2n) is 5.41. The van der Waals surface area contributed by atoms with Crippen LogP contribution in [0.4, 0.5) is 16.2 Å². The molecule has 0 unspecified atom stereocenters. The van der Waals surface area contributed by atoms with Crippen LogP contribution in [0, 0.1) is 6.92 Å². The molecule has 1 aromatic rings. The van der Waals surface area contributed by atoms with Gasteiger partial charge in [-0.1, -0.05) is 13.0 Å². The molecule has 1 saturated heterocycles. The van der Waals surface area contributed by atoms with Crippen LogP contribution in [0.2, 0.25) is 0 Å². The van der Waals surface area contributed by atoms with E-state index in [0.29, 0.717) is 19.5 Å². The third-order valence-corrected chi connectivity index (χ3v) is 3.67. The number of nitrogens with one attached hydrogen (secondary N) is 3. The van der Waals surface area contributed by atoms with Gasteiger partial charge in [0.25, 0.3) is 0 Å². The van der Waals surface area contributed by atoms with Crippen molar-refractivity contribution in [2.45, 2.75) is 26.7 Å². The van der Waals surface area contributed by atoms with Crippen molar-refractivity contribution in [1.29, 1.82) is 0 Å². The van der Waals surface area contributed by atoms with Crippen LogP contribution >= 0.6 is 0 Å². The monoisotopic (exact) mass is 318 g/mol. The Kier molecular flexibility index (Phi) is 5.56. The Bertz CT molecular complexity index is 615. The molecular formula is C16H22N4O3. The molecule has 0 bridgehead atoms.